The highest BCUT2D eigenvalue weighted by atomic mass is 16.5. The van der Waals surface area contributed by atoms with Crippen molar-refractivity contribution in [1.29, 1.82) is 5.41 Å². The number of ketones is 1. The van der Waals surface area contributed by atoms with Gasteiger partial charge in [0.1, 0.15) is 78.9 Å². The number of Topliss-reactive ketones (excluding diaryl/α,β-unsaturated/α-hetero) is 1. The predicted octanol–water partition coefficient (Wildman–Crippen LogP) is -2.60. The van der Waals surface area contributed by atoms with Crippen molar-refractivity contribution in [2.24, 2.45) is 17.2 Å². The van der Waals surface area contributed by atoms with Crippen LogP contribution in [0.4, 0.5) is 0 Å². The fraction of sp³-hybridized carbons (Fsp3) is 0.618. The predicted molar refractivity (Wildman–Crippen MR) is 485 cm³/mol. The Labute approximate surface area is 767 Å². The molecule has 0 spiro atoms. The number of rotatable bonds is 54. The van der Waals surface area contributed by atoms with Crippen LogP contribution in [0.1, 0.15) is 198 Å². The molecule has 43 heteroatoms. The van der Waals surface area contributed by atoms with Gasteiger partial charge in [0.15, 0.2) is 5.96 Å². The molecule has 4 aromatic rings. The molecule has 6 rings (SSSR count). The lowest BCUT2D eigenvalue weighted by atomic mass is 10.0. The number of amides is 15. The number of H-pyrrole nitrogens is 2. The lowest BCUT2D eigenvalue weighted by Gasteiger charge is -2.31. The normalized spacial score (nSPS) is 19.0. The van der Waals surface area contributed by atoms with E-state index in [1.165, 1.54) is 76.7 Å². The summed E-state index contributed by atoms with van der Waals surface area (Å²) < 4.78 is 10.8. The number of nitrogens with one attached hydrogen (secondary N) is 17. The number of aliphatic hydroxyl groups is 3. The van der Waals surface area contributed by atoms with Crippen LogP contribution in [-0.2, 0) is 105 Å². The van der Waals surface area contributed by atoms with E-state index in [1.807, 2.05) is 12.1 Å². The number of aliphatic hydroxyl groups excluding tert-OH is 3. The highest BCUT2D eigenvalue weighted by molar-refractivity contribution is 6.01. The minimum absolute atomic E-state index is 0.00872. The van der Waals surface area contributed by atoms with E-state index in [1.54, 1.807) is 55.6 Å². The molecule has 0 radical (unpaired) electrons. The van der Waals surface area contributed by atoms with Gasteiger partial charge in [-0.1, -0.05) is 152 Å². The van der Waals surface area contributed by atoms with Crippen molar-refractivity contribution in [3.63, 3.8) is 0 Å². The molecule has 4 heterocycles. The van der Waals surface area contributed by atoms with Gasteiger partial charge >= 0.3 is 0 Å². The molecule has 132 heavy (non-hydrogen) atoms. The molecule has 15 amide bonds. The summed E-state index contributed by atoms with van der Waals surface area (Å²) in [6, 6.07) is -2.41. The van der Waals surface area contributed by atoms with Gasteiger partial charge in [0.25, 0.3) is 0 Å². The summed E-state index contributed by atoms with van der Waals surface area (Å²) in [5, 5.41) is 77.0. The Bertz CT molecular complexity index is 4350. The number of aromatic amines is 2. The van der Waals surface area contributed by atoms with Crippen LogP contribution in [0.25, 0.3) is 10.9 Å². The van der Waals surface area contributed by atoms with Crippen LogP contribution in [0.3, 0.4) is 0 Å². The van der Waals surface area contributed by atoms with E-state index in [-0.39, 0.29) is 115 Å². The molecular formula is C89H138N22O21. The van der Waals surface area contributed by atoms with Crippen molar-refractivity contribution < 1.29 is 102 Å². The zero-order valence-electron chi connectivity index (χ0n) is 75.7. The molecule has 730 valence electrons. The summed E-state index contributed by atoms with van der Waals surface area (Å²) in [6.07, 6.45) is 16.8. The van der Waals surface area contributed by atoms with E-state index < -0.39 is 233 Å². The first-order valence-corrected chi connectivity index (χ1v) is 45.9. The van der Waals surface area contributed by atoms with Crippen molar-refractivity contribution in [2.45, 2.75) is 273 Å². The van der Waals surface area contributed by atoms with Crippen LogP contribution in [0, 0.1) is 5.41 Å². The number of ether oxygens (including phenoxy) is 2. The van der Waals surface area contributed by atoms with Gasteiger partial charge in [-0.25, -0.2) is 4.98 Å². The number of benzene rings is 2. The number of imidazole rings is 1. The van der Waals surface area contributed by atoms with E-state index in [0.717, 1.165) is 35.1 Å². The summed E-state index contributed by atoms with van der Waals surface area (Å²) in [5.41, 5.74) is 18.9. The van der Waals surface area contributed by atoms with Crippen molar-refractivity contribution in [2.75, 3.05) is 78.9 Å². The molecule has 0 unspecified atom stereocenters. The SMILES string of the molecule is CCCCCCCCCCCCCCCC(=O)NCCOCCOCC(=O)NCC(=O)N[C@@H](CO)C(=O)N[C@@H](CCC(N)=O)C(=O)N[C@@H](Cc1c[nH]cn1)C(=O)N[C@@H](CO)C(=O)N[C@@H](CCCC)C(=O)N[C@H]1CC(=O)CNCCCC[C@@H](C(N)=O)NC(=O)[C@H](Cc2c[nH]c3ccccc23)NC(=O)[C@H](CCCNC(=N)N)NC(=O)[C@@H](Cc2ccccc2)NC(=O)[C@@H]2C[C@@H](O)CN2C1=O. The quantitative estimate of drug-likeness (QED) is 0.0122. The number of carbonyl (C=O) groups is 16. The summed E-state index contributed by atoms with van der Waals surface area (Å²) >= 11 is 0. The third-order valence-corrected chi connectivity index (χ3v) is 22.4. The molecule has 2 aliphatic heterocycles. The third kappa shape index (κ3) is 40.8. The lowest BCUT2D eigenvalue weighted by Crippen LogP contribution is -2.61. The maximum Gasteiger partial charge on any atom is 0.246 e. The van der Waals surface area contributed by atoms with E-state index >= 15 is 4.79 Å². The number of nitrogens with two attached hydrogens (primary N) is 3. The maximum absolute atomic E-state index is 15.3. The van der Waals surface area contributed by atoms with Gasteiger partial charge in [-0.3, -0.25) is 82.1 Å². The zero-order chi connectivity index (χ0) is 96.1. The minimum Gasteiger partial charge on any atom is -0.394 e. The van der Waals surface area contributed by atoms with Crippen LogP contribution in [0.2, 0.25) is 0 Å². The highest BCUT2D eigenvalue weighted by Gasteiger charge is 2.45. The molecule has 12 atom stereocenters. The van der Waals surface area contributed by atoms with Gasteiger partial charge in [-0.05, 0) is 75.1 Å². The first kappa shape index (κ1) is 109. The van der Waals surface area contributed by atoms with Crippen LogP contribution in [0.5, 0.6) is 0 Å². The zero-order valence-corrected chi connectivity index (χ0v) is 75.7. The molecule has 2 fully saturated rings. The number of unbranched alkanes of at least 4 members (excludes halogenated alkanes) is 13. The Morgan fingerprint density at radius 1 is 0.576 bits per heavy atom. The molecular weight excluding hydrogens is 1710 g/mol. The fourth-order valence-electron chi connectivity index (χ4n) is 15.1. The topological polar surface area (TPSA) is 670 Å². The molecule has 26 N–H and O–H groups in total. The molecule has 0 aliphatic carbocycles. The van der Waals surface area contributed by atoms with E-state index in [2.05, 4.69) is 96.3 Å². The summed E-state index contributed by atoms with van der Waals surface area (Å²) in [7, 11) is 0. The molecule has 0 bridgehead atoms. The Morgan fingerprint density at radius 3 is 1.83 bits per heavy atom. The first-order chi connectivity index (χ1) is 63.5. The van der Waals surface area contributed by atoms with Crippen LogP contribution >= 0.6 is 0 Å². The fourth-order valence-corrected chi connectivity index (χ4v) is 15.1. The number of carbonyl (C=O) groups excluding carboxylic acids is 16. The number of nitrogens with zero attached hydrogens (tertiary/aromatic N) is 2. The van der Waals surface area contributed by atoms with Crippen LogP contribution in [-0.4, -0.2) is 287 Å². The maximum atomic E-state index is 15.3. The van der Waals surface area contributed by atoms with Gasteiger partial charge < -0.3 is 131 Å². The van der Waals surface area contributed by atoms with Crippen molar-refractivity contribution >= 4 is 111 Å². The summed E-state index contributed by atoms with van der Waals surface area (Å²) in [4.78, 5) is 235. The molecule has 0 saturated carbocycles. The Hall–Kier alpha value is -12.1. The van der Waals surface area contributed by atoms with E-state index in [9.17, 15) is 87.2 Å². The van der Waals surface area contributed by atoms with Crippen LogP contribution in [0.15, 0.2) is 73.3 Å². The van der Waals surface area contributed by atoms with Gasteiger partial charge in [0.05, 0.1) is 64.2 Å². The van der Waals surface area contributed by atoms with Crippen molar-refractivity contribution in [3.8, 4) is 0 Å². The number of hydrogen-bond donors (Lipinski definition) is 23. The monoisotopic (exact) mass is 1850 g/mol. The number of aromatic nitrogens is 3. The lowest BCUT2D eigenvalue weighted by molar-refractivity contribution is -0.143. The summed E-state index contributed by atoms with van der Waals surface area (Å²) in [6.45, 7) is 0.311. The Kier molecular flexibility index (Phi) is 50.1. The van der Waals surface area contributed by atoms with E-state index in [4.69, 9.17) is 32.1 Å². The van der Waals surface area contributed by atoms with Gasteiger partial charge in [-0.2, -0.15) is 0 Å². The minimum atomic E-state index is -1.93. The number of primary amides is 2. The molecule has 2 saturated heterocycles. The van der Waals surface area contributed by atoms with Gasteiger partial charge in [-0.15, -0.1) is 0 Å². The second-order valence-corrected chi connectivity index (χ2v) is 33.2. The third-order valence-electron chi connectivity index (χ3n) is 22.4. The number of para-hydroxylation sites is 1. The number of guanidine groups is 1. The molecule has 2 aromatic heterocycles. The van der Waals surface area contributed by atoms with E-state index in [0.29, 0.717) is 24.0 Å². The van der Waals surface area contributed by atoms with Crippen molar-refractivity contribution in [1.82, 2.24) is 94.3 Å². The number of fused-ring (bicyclic) bond motifs is 2. The second-order valence-electron chi connectivity index (χ2n) is 33.2. The number of hydrogen-bond acceptors (Lipinski definition) is 24. The average Bonchev–Trinajstić information content (AvgIpc) is 1.68. The molecule has 43 nitrogen and oxygen atoms in total. The Morgan fingerprint density at radius 2 is 1.17 bits per heavy atom. The average molecular weight is 1850 g/mol. The molecule has 2 aliphatic rings. The van der Waals surface area contributed by atoms with Crippen LogP contribution < -0.4 is 91.6 Å². The highest BCUT2D eigenvalue weighted by Crippen LogP contribution is 2.24. The van der Waals surface area contributed by atoms with Gasteiger partial charge in [0.2, 0.25) is 88.6 Å². The molecule has 2 aromatic carbocycles. The Balaban J connectivity index is 1.11. The second kappa shape index (κ2) is 60.8. The van der Waals surface area contributed by atoms with Crippen molar-refractivity contribution in [3.05, 3.63) is 90.1 Å². The standard InChI is InChI=1S/C89H138N22O21/c1-3-5-7-8-9-10-11-12-13-14-15-16-20-33-75(117)96-38-39-131-40-41-132-54-77(119)99-50-76(118)101-71(52-112)85(127)105-66(34-35-74(90)116)81(123)107-69(44-58-48-95-55-100-58)84(126)110-72(53-113)86(128)104-64(29-6-4-2)80(122)109-70-45-59(114)49-94-36-24-23-31-63(78(91)120)102-83(125)68(43-57-47-98-62-30-22-21-28-61(57)62)106-79(121)65(32-25-37-97-89(92)93)103-82(124)67(42-56-26-18-17-19-27-56)108-87(129)73-46-60(115)51-111(73)88(70)130/h17-19,21-22,26-28,30,47-48,55,60,63-73,94,98,112-113,115H,3-16,20,23-25,29,31-46,49-54H2,1-2H3,(H2,90,116)(H2,91,120)(H,95,100)(H,96,117)(H,99,119)(H,101,118)(H,102,125)(H,103,124)(H,104,128)(H,105,127)(H,106,121)(H,107,123)(H,108,129)(H,109,122)(H,110,126)(H4,92,93,97)/t60-,63+,64+,65+,66+,67-,68+,69+,70+,71+,72+,73+/m1/s1. The largest absolute Gasteiger partial charge is 0.394 e. The smallest absolute Gasteiger partial charge is 0.246 e. The van der Waals surface area contributed by atoms with Gasteiger partial charge in [0, 0.05) is 87.9 Å². The summed E-state index contributed by atoms with van der Waals surface area (Å²) in [5.74, 6) is -15.1. The first-order valence-electron chi connectivity index (χ1n) is 45.9.